The lowest BCUT2D eigenvalue weighted by molar-refractivity contribution is 0.220. The van der Waals surface area contributed by atoms with Crippen LogP contribution in [0.5, 0.6) is 0 Å². The predicted octanol–water partition coefficient (Wildman–Crippen LogP) is 4.60. The summed E-state index contributed by atoms with van der Waals surface area (Å²) in [6, 6.07) is 4.16. The molecule has 2 aliphatic rings. The van der Waals surface area contributed by atoms with Gasteiger partial charge in [0, 0.05) is 0 Å². The van der Waals surface area contributed by atoms with E-state index in [1.807, 2.05) is 13.0 Å². The standard InChI is InChI=1S/C16H21F/c1-10-3-6-13-12(9-10)5-8-15-14(13)7-4-11(2)16(15)17/h4,7,10,12-13H,3,5-6,8-9H2,1-2H3. The van der Waals surface area contributed by atoms with Crippen LogP contribution < -0.4 is 0 Å². The van der Waals surface area contributed by atoms with Crippen molar-refractivity contribution < 1.29 is 4.39 Å². The summed E-state index contributed by atoms with van der Waals surface area (Å²) in [5, 5.41) is 0. The largest absolute Gasteiger partial charge is 0.206 e. The molecule has 0 radical (unpaired) electrons. The third-order valence-corrected chi connectivity index (χ3v) is 4.88. The zero-order valence-corrected chi connectivity index (χ0v) is 10.8. The van der Waals surface area contributed by atoms with Gasteiger partial charge in [0.15, 0.2) is 0 Å². The molecule has 0 nitrogen and oxygen atoms in total. The zero-order valence-electron chi connectivity index (χ0n) is 10.8. The molecule has 3 rings (SSSR count). The van der Waals surface area contributed by atoms with Crippen LogP contribution >= 0.6 is 0 Å². The maximum absolute atomic E-state index is 14.1. The molecule has 0 amide bonds. The quantitative estimate of drug-likeness (QED) is 0.613. The Morgan fingerprint density at radius 2 is 2.00 bits per heavy atom. The van der Waals surface area contributed by atoms with Crippen LogP contribution in [0, 0.1) is 24.6 Å². The van der Waals surface area contributed by atoms with Crippen molar-refractivity contribution in [2.45, 2.75) is 51.9 Å². The van der Waals surface area contributed by atoms with Crippen LogP contribution in [0.4, 0.5) is 4.39 Å². The Morgan fingerprint density at radius 3 is 2.82 bits per heavy atom. The highest BCUT2D eigenvalue weighted by Crippen LogP contribution is 2.47. The Hall–Kier alpha value is -0.850. The van der Waals surface area contributed by atoms with E-state index in [1.165, 1.54) is 31.2 Å². The normalized spacial score (nSPS) is 31.8. The van der Waals surface area contributed by atoms with Gasteiger partial charge in [0.25, 0.3) is 0 Å². The molecule has 0 heterocycles. The van der Waals surface area contributed by atoms with Gasteiger partial charge in [0.05, 0.1) is 0 Å². The topological polar surface area (TPSA) is 0 Å². The number of halogens is 1. The van der Waals surface area contributed by atoms with Gasteiger partial charge in [-0.3, -0.25) is 0 Å². The monoisotopic (exact) mass is 232 g/mol. The van der Waals surface area contributed by atoms with Gasteiger partial charge >= 0.3 is 0 Å². The van der Waals surface area contributed by atoms with Gasteiger partial charge in [-0.05, 0) is 67.1 Å². The van der Waals surface area contributed by atoms with Crippen LogP contribution in [-0.2, 0) is 6.42 Å². The molecule has 0 spiro atoms. The molecule has 0 aliphatic heterocycles. The van der Waals surface area contributed by atoms with Crippen LogP contribution in [0.2, 0.25) is 0 Å². The highest BCUT2D eigenvalue weighted by molar-refractivity contribution is 5.38. The lowest BCUT2D eigenvalue weighted by atomic mass is 9.65. The van der Waals surface area contributed by atoms with E-state index in [0.29, 0.717) is 5.92 Å². The molecule has 1 fully saturated rings. The third-order valence-electron chi connectivity index (χ3n) is 4.88. The molecule has 1 aromatic rings. The number of aryl methyl sites for hydroxylation is 1. The van der Waals surface area contributed by atoms with Crippen molar-refractivity contribution in [1.82, 2.24) is 0 Å². The zero-order chi connectivity index (χ0) is 12.0. The first-order valence-electron chi connectivity index (χ1n) is 6.94. The third kappa shape index (κ3) is 1.80. The number of fused-ring (bicyclic) bond motifs is 3. The second-order valence-electron chi connectivity index (χ2n) is 6.09. The lowest BCUT2D eigenvalue weighted by Gasteiger charge is -2.40. The first-order chi connectivity index (χ1) is 8.16. The first kappa shape index (κ1) is 11.3. The van der Waals surface area contributed by atoms with Crippen molar-refractivity contribution in [3.63, 3.8) is 0 Å². The van der Waals surface area contributed by atoms with Gasteiger partial charge in [-0.25, -0.2) is 4.39 Å². The second-order valence-corrected chi connectivity index (χ2v) is 6.09. The summed E-state index contributed by atoms with van der Waals surface area (Å²) in [6.07, 6.45) is 6.08. The van der Waals surface area contributed by atoms with Gasteiger partial charge in [-0.2, -0.15) is 0 Å². The number of benzene rings is 1. The smallest absolute Gasteiger partial charge is 0.129 e. The maximum Gasteiger partial charge on any atom is 0.129 e. The Balaban J connectivity index is 2.00. The number of rotatable bonds is 0. The van der Waals surface area contributed by atoms with Crippen molar-refractivity contribution in [3.05, 3.63) is 34.6 Å². The summed E-state index contributed by atoms with van der Waals surface area (Å²) in [5.74, 6) is 2.39. The SMILES string of the molecule is Cc1ccc2c(c1F)CCC1CC(C)CCC21. The summed E-state index contributed by atoms with van der Waals surface area (Å²) in [5.41, 5.74) is 3.17. The Labute approximate surface area is 103 Å². The molecule has 1 heteroatoms. The van der Waals surface area contributed by atoms with E-state index in [1.54, 1.807) is 0 Å². The summed E-state index contributed by atoms with van der Waals surface area (Å²) >= 11 is 0. The van der Waals surface area contributed by atoms with E-state index in [4.69, 9.17) is 0 Å². The molecular weight excluding hydrogens is 211 g/mol. The minimum Gasteiger partial charge on any atom is -0.206 e. The van der Waals surface area contributed by atoms with Gasteiger partial charge in [-0.1, -0.05) is 25.5 Å². The van der Waals surface area contributed by atoms with E-state index in [0.717, 1.165) is 29.4 Å². The lowest BCUT2D eigenvalue weighted by Crippen LogP contribution is -2.27. The molecule has 3 unspecified atom stereocenters. The summed E-state index contributed by atoms with van der Waals surface area (Å²) in [4.78, 5) is 0. The molecule has 3 atom stereocenters. The van der Waals surface area contributed by atoms with Crippen molar-refractivity contribution >= 4 is 0 Å². The minimum absolute atomic E-state index is 0.0690. The van der Waals surface area contributed by atoms with Crippen molar-refractivity contribution in [2.24, 2.45) is 11.8 Å². The molecule has 0 aromatic heterocycles. The highest BCUT2D eigenvalue weighted by atomic mass is 19.1. The van der Waals surface area contributed by atoms with Crippen molar-refractivity contribution in [3.8, 4) is 0 Å². The van der Waals surface area contributed by atoms with E-state index in [-0.39, 0.29) is 5.82 Å². The molecule has 17 heavy (non-hydrogen) atoms. The molecular formula is C16H21F. The summed E-state index contributed by atoms with van der Waals surface area (Å²) < 4.78 is 14.1. The van der Waals surface area contributed by atoms with Crippen LogP contribution in [0.3, 0.4) is 0 Å². The van der Waals surface area contributed by atoms with E-state index < -0.39 is 0 Å². The molecule has 1 saturated carbocycles. The van der Waals surface area contributed by atoms with E-state index in [9.17, 15) is 4.39 Å². The minimum atomic E-state index is 0.0690. The molecule has 2 aliphatic carbocycles. The molecule has 0 N–H and O–H groups in total. The van der Waals surface area contributed by atoms with Crippen molar-refractivity contribution in [2.75, 3.05) is 0 Å². The van der Waals surface area contributed by atoms with Crippen molar-refractivity contribution in [1.29, 1.82) is 0 Å². The second kappa shape index (κ2) is 4.12. The Morgan fingerprint density at radius 1 is 1.18 bits per heavy atom. The predicted molar refractivity (Wildman–Crippen MR) is 68.7 cm³/mol. The van der Waals surface area contributed by atoms with Gasteiger partial charge < -0.3 is 0 Å². The number of hydrogen-bond donors (Lipinski definition) is 0. The Bertz CT molecular complexity index is 435. The Kier molecular flexibility index (Phi) is 2.72. The molecule has 0 bridgehead atoms. The fourth-order valence-corrected chi connectivity index (χ4v) is 3.91. The van der Waals surface area contributed by atoms with E-state index >= 15 is 0 Å². The summed E-state index contributed by atoms with van der Waals surface area (Å²) in [7, 11) is 0. The molecule has 0 saturated heterocycles. The average Bonchev–Trinajstić information content (AvgIpc) is 2.33. The molecule has 1 aromatic carbocycles. The first-order valence-corrected chi connectivity index (χ1v) is 6.94. The maximum atomic E-state index is 14.1. The number of hydrogen-bond acceptors (Lipinski definition) is 0. The van der Waals surface area contributed by atoms with Gasteiger partial charge in [0.1, 0.15) is 5.82 Å². The van der Waals surface area contributed by atoms with Gasteiger partial charge in [-0.15, -0.1) is 0 Å². The summed E-state index contributed by atoms with van der Waals surface area (Å²) in [6.45, 7) is 4.24. The van der Waals surface area contributed by atoms with Crippen LogP contribution in [0.15, 0.2) is 12.1 Å². The highest BCUT2D eigenvalue weighted by Gasteiger charge is 2.34. The van der Waals surface area contributed by atoms with Gasteiger partial charge in [0.2, 0.25) is 0 Å². The fraction of sp³-hybridized carbons (Fsp3) is 0.625. The van der Waals surface area contributed by atoms with Crippen LogP contribution in [0.25, 0.3) is 0 Å². The fourth-order valence-electron chi connectivity index (χ4n) is 3.91. The van der Waals surface area contributed by atoms with E-state index in [2.05, 4.69) is 13.0 Å². The van der Waals surface area contributed by atoms with Crippen LogP contribution in [-0.4, -0.2) is 0 Å². The average molecular weight is 232 g/mol. The molecule has 92 valence electrons. The van der Waals surface area contributed by atoms with Crippen LogP contribution in [0.1, 0.15) is 55.2 Å².